The van der Waals surface area contributed by atoms with Crippen molar-refractivity contribution in [2.24, 2.45) is 11.8 Å². The minimum atomic E-state index is -1.06. The van der Waals surface area contributed by atoms with Crippen molar-refractivity contribution in [3.63, 3.8) is 0 Å². The molecule has 0 radical (unpaired) electrons. The van der Waals surface area contributed by atoms with Crippen molar-refractivity contribution in [2.45, 2.75) is 180 Å². The Morgan fingerprint density at radius 2 is 0.733 bits per heavy atom. The second kappa shape index (κ2) is 30.2. The fraction of sp³-hybridized carbons (Fsp3) is 0.947. The van der Waals surface area contributed by atoms with Crippen LogP contribution in [0.2, 0.25) is 0 Å². The van der Waals surface area contributed by atoms with E-state index in [1.54, 1.807) is 0 Å². The number of hydrogen-bond donors (Lipinski definition) is 2. The van der Waals surface area contributed by atoms with Gasteiger partial charge in [-0.2, -0.15) is 0 Å². The molecule has 2 saturated heterocycles. The number of carbonyl (C=O) groups is 2. The first-order valence-electron chi connectivity index (χ1n) is 19.1. The maximum absolute atomic E-state index is 10.8. The highest BCUT2D eigenvalue weighted by Crippen LogP contribution is 2.43. The fourth-order valence-electron chi connectivity index (χ4n) is 6.49. The van der Waals surface area contributed by atoms with E-state index in [1.165, 1.54) is 154 Å². The summed E-state index contributed by atoms with van der Waals surface area (Å²) in [6.45, 7) is 7.09. The van der Waals surface area contributed by atoms with E-state index in [9.17, 15) is 9.59 Å². The Morgan fingerprint density at radius 1 is 0.489 bits per heavy atom. The molecule has 4 atom stereocenters. The van der Waals surface area contributed by atoms with Gasteiger partial charge in [0.05, 0.1) is 24.0 Å². The van der Waals surface area contributed by atoms with Gasteiger partial charge in [0.2, 0.25) is 0 Å². The van der Waals surface area contributed by atoms with E-state index >= 15 is 0 Å². The Bertz CT molecular complexity index is 631. The van der Waals surface area contributed by atoms with Gasteiger partial charge in [-0.15, -0.1) is 0 Å². The van der Waals surface area contributed by atoms with Crippen LogP contribution in [0.15, 0.2) is 0 Å². The molecule has 45 heavy (non-hydrogen) atoms. The minimum Gasteiger partial charge on any atom is -0.481 e. The third-order valence-corrected chi connectivity index (χ3v) is 9.26. The summed E-state index contributed by atoms with van der Waals surface area (Å²) in [5, 5.41) is 17.6. The SMILES string of the molecule is CCCCCCCCCCCCCN(C)C.CCCCCCCCCCCCCN(C)C.O=C(O)C1C2CCC(O2)C1C(=O)O. The van der Waals surface area contributed by atoms with Gasteiger partial charge in [-0.05, 0) is 67.0 Å². The summed E-state index contributed by atoms with van der Waals surface area (Å²) in [6, 6.07) is 0. The molecular weight excluding hydrogens is 564 g/mol. The number of carboxylic acids is 2. The van der Waals surface area contributed by atoms with Gasteiger partial charge in [-0.3, -0.25) is 9.59 Å². The third kappa shape index (κ3) is 24.6. The smallest absolute Gasteiger partial charge is 0.310 e. The van der Waals surface area contributed by atoms with Crippen LogP contribution in [0.3, 0.4) is 0 Å². The van der Waals surface area contributed by atoms with Crippen LogP contribution in [0, 0.1) is 11.8 Å². The highest BCUT2D eigenvalue weighted by atomic mass is 16.5. The van der Waals surface area contributed by atoms with E-state index in [0.29, 0.717) is 12.8 Å². The lowest BCUT2D eigenvalue weighted by molar-refractivity contribution is -0.154. The Hall–Kier alpha value is -1.18. The van der Waals surface area contributed by atoms with E-state index in [-0.39, 0.29) is 12.2 Å². The van der Waals surface area contributed by atoms with Crippen LogP contribution in [0.5, 0.6) is 0 Å². The predicted molar refractivity (Wildman–Crippen MR) is 190 cm³/mol. The molecule has 7 nitrogen and oxygen atoms in total. The third-order valence-electron chi connectivity index (χ3n) is 9.26. The number of hydrogen-bond acceptors (Lipinski definition) is 5. The van der Waals surface area contributed by atoms with Gasteiger partial charge in [-0.1, -0.05) is 142 Å². The molecule has 2 heterocycles. The van der Waals surface area contributed by atoms with Gasteiger partial charge in [-0.25, -0.2) is 0 Å². The van der Waals surface area contributed by atoms with E-state index in [2.05, 4.69) is 51.8 Å². The summed E-state index contributed by atoms with van der Waals surface area (Å²) in [4.78, 5) is 26.1. The summed E-state index contributed by atoms with van der Waals surface area (Å²) in [6.07, 6.45) is 32.3. The van der Waals surface area contributed by atoms with Crippen molar-refractivity contribution in [1.82, 2.24) is 9.80 Å². The number of fused-ring (bicyclic) bond motifs is 2. The Kier molecular flexibility index (Phi) is 29.4. The molecule has 2 aliphatic rings. The Balaban J connectivity index is 0.000000648. The number of nitrogens with zero attached hydrogens (tertiary/aromatic N) is 2. The first-order valence-corrected chi connectivity index (χ1v) is 19.1. The quantitative estimate of drug-likeness (QED) is 0.0910. The molecular formula is C38H76N2O5. The van der Waals surface area contributed by atoms with Crippen molar-refractivity contribution in [2.75, 3.05) is 41.3 Å². The molecule has 2 aliphatic heterocycles. The fourth-order valence-corrected chi connectivity index (χ4v) is 6.49. The molecule has 0 amide bonds. The summed E-state index contributed by atoms with van der Waals surface area (Å²) in [5.41, 5.74) is 0. The second-order valence-electron chi connectivity index (χ2n) is 14.2. The van der Waals surface area contributed by atoms with E-state index in [0.717, 1.165) is 0 Å². The molecule has 7 heteroatoms. The molecule has 0 aromatic rings. The number of unbranched alkanes of at least 4 members (excludes halogenated alkanes) is 20. The monoisotopic (exact) mass is 641 g/mol. The van der Waals surface area contributed by atoms with Crippen LogP contribution in [0.4, 0.5) is 0 Å². The zero-order valence-electron chi connectivity index (χ0n) is 30.7. The van der Waals surface area contributed by atoms with Gasteiger partial charge in [0.15, 0.2) is 0 Å². The lowest BCUT2D eigenvalue weighted by Crippen LogP contribution is -2.38. The van der Waals surface area contributed by atoms with Gasteiger partial charge in [0.25, 0.3) is 0 Å². The van der Waals surface area contributed by atoms with Crippen molar-refractivity contribution in [3.05, 3.63) is 0 Å². The Morgan fingerprint density at radius 3 is 0.956 bits per heavy atom. The lowest BCUT2D eigenvalue weighted by Gasteiger charge is -2.20. The van der Waals surface area contributed by atoms with Gasteiger partial charge < -0.3 is 24.7 Å². The molecule has 0 aromatic heterocycles. The van der Waals surface area contributed by atoms with Crippen LogP contribution in [0.1, 0.15) is 168 Å². The van der Waals surface area contributed by atoms with Gasteiger partial charge in [0, 0.05) is 0 Å². The van der Waals surface area contributed by atoms with Crippen molar-refractivity contribution in [1.29, 1.82) is 0 Å². The molecule has 0 aliphatic carbocycles. The molecule has 2 fully saturated rings. The molecule has 0 aromatic carbocycles. The zero-order chi connectivity index (χ0) is 33.7. The van der Waals surface area contributed by atoms with Crippen LogP contribution >= 0.6 is 0 Å². The zero-order valence-corrected chi connectivity index (χ0v) is 30.7. The van der Waals surface area contributed by atoms with E-state index in [1.807, 2.05) is 0 Å². The summed E-state index contributed by atoms with van der Waals surface area (Å²) >= 11 is 0. The standard InChI is InChI=1S/2C15H33N.C8H10O5/c2*1-4-5-6-7-8-9-10-11-12-13-14-15-16(2)3;9-7(10)5-3-1-2-4(13-3)6(5)8(11)12/h2*4-15H2,1-3H3;3-6H,1-2H2,(H,9,10)(H,11,12). The maximum Gasteiger partial charge on any atom is 0.310 e. The first kappa shape index (κ1) is 43.8. The summed E-state index contributed by atoms with van der Waals surface area (Å²) in [7, 11) is 8.65. The average Bonchev–Trinajstić information content (AvgIpc) is 3.62. The number of ether oxygens (including phenoxy) is 1. The highest BCUT2D eigenvalue weighted by molar-refractivity contribution is 5.82. The molecule has 268 valence electrons. The topological polar surface area (TPSA) is 90.3 Å². The van der Waals surface area contributed by atoms with Crippen molar-refractivity contribution in [3.8, 4) is 0 Å². The predicted octanol–water partition coefficient (Wildman–Crippen LogP) is 9.67. The van der Waals surface area contributed by atoms with E-state index < -0.39 is 23.8 Å². The Labute approximate surface area is 279 Å². The molecule has 0 saturated carbocycles. The maximum atomic E-state index is 10.8. The van der Waals surface area contributed by atoms with Crippen LogP contribution in [0.25, 0.3) is 0 Å². The van der Waals surface area contributed by atoms with Gasteiger partial charge >= 0.3 is 11.9 Å². The average molecular weight is 641 g/mol. The summed E-state index contributed by atoms with van der Waals surface area (Å²) in [5.74, 6) is -3.81. The molecule has 2 N–H and O–H groups in total. The van der Waals surface area contributed by atoms with Crippen LogP contribution in [-0.2, 0) is 14.3 Å². The number of aliphatic carboxylic acids is 2. The highest BCUT2D eigenvalue weighted by Gasteiger charge is 2.55. The minimum absolute atomic E-state index is 0.386. The van der Waals surface area contributed by atoms with Crippen LogP contribution < -0.4 is 0 Å². The van der Waals surface area contributed by atoms with Crippen molar-refractivity contribution >= 4 is 11.9 Å². The van der Waals surface area contributed by atoms with Gasteiger partial charge in [0.1, 0.15) is 0 Å². The lowest BCUT2D eigenvalue weighted by atomic mass is 9.79. The van der Waals surface area contributed by atoms with Crippen molar-refractivity contribution < 1.29 is 24.5 Å². The number of rotatable bonds is 26. The van der Waals surface area contributed by atoms with E-state index in [4.69, 9.17) is 14.9 Å². The molecule has 2 bridgehead atoms. The van der Waals surface area contributed by atoms with Crippen LogP contribution in [-0.4, -0.2) is 85.4 Å². The molecule has 2 rings (SSSR count). The summed E-state index contributed by atoms with van der Waals surface area (Å²) < 4.78 is 5.26. The molecule has 4 unspecified atom stereocenters. The number of carboxylic acid groups (broad SMARTS) is 2. The normalized spacial score (nSPS) is 20.2. The molecule has 0 spiro atoms. The largest absolute Gasteiger partial charge is 0.481 e. The first-order chi connectivity index (χ1) is 21.6. The second-order valence-corrected chi connectivity index (χ2v) is 14.2.